The number of thiazole rings is 1. The number of carbonyl (C=O) groups is 1. The van der Waals surface area contributed by atoms with Gasteiger partial charge in [0.15, 0.2) is 0 Å². The molecule has 3 aromatic heterocycles. The average Bonchev–Trinajstić information content (AvgIpc) is 3.47. The fraction of sp³-hybridized carbons (Fsp3) is 0.120. The third-order valence-electron chi connectivity index (χ3n) is 5.29. The Kier molecular flexibility index (Phi) is 5.91. The van der Waals surface area contributed by atoms with Gasteiger partial charge in [0, 0.05) is 18.1 Å². The van der Waals surface area contributed by atoms with Crippen LogP contribution in [0.1, 0.15) is 17.3 Å². The third kappa shape index (κ3) is 4.80. The second kappa shape index (κ2) is 9.30. The van der Waals surface area contributed by atoms with Crippen molar-refractivity contribution >= 4 is 28.3 Å². The van der Waals surface area contributed by atoms with Crippen molar-refractivity contribution in [1.29, 1.82) is 0 Å². The Bertz CT molecular complexity index is 1380. The maximum Gasteiger partial charge on any atom is 0.226 e. The van der Waals surface area contributed by atoms with E-state index in [1.807, 2.05) is 52.4 Å². The molecular formula is C25H20FN5OS. The minimum Gasteiger partial charge on any atom is -0.347 e. The van der Waals surface area contributed by atoms with Crippen LogP contribution in [-0.4, -0.2) is 25.4 Å². The summed E-state index contributed by atoms with van der Waals surface area (Å²) in [5, 5.41) is 5.74. The molecule has 3 heterocycles. The van der Waals surface area contributed by atoms with Crippen molar-refractivity contribution < 1.29 is 9.18 Å². The topological polar surface area (TPSA) is 72.7 Å². The highest BCUT2D eigenvalue weighted by Gasteiger charge is 2.18. The molecule has 1 atom stereocenters. The molecule has 5 aromatic rings. The summed E-state index contributed by atoms with van der Waals surface area (Å²) in [7, 11) is 0. The number of hydrogen-bond acceptors (Lipinski definition) is 5. The predicted octanol–water partition coefficient (Wildman–Crippen LogP) is 4.79. The highest BCUT2D eigenvalue weighted by atomic mass is 32.1. The summed E-state index contributed by atoms with van der Waals surface area (Å²) in [5.41, 5.74) is 4.13. The van der Waals surface area contributed by atoms with Gasteiger partial charge in [-0.1, -0.05) is 30.3 Å². The number of benzene rings is 2. The average molecular weight is 458 g/mol. The van der Waals surface area contributed by atoms with E-state index in [1.165, 1.54) is 23.5 Å². The highest BCUT2D eigenvalue weighted by molar-refractivity contribution is 7.13. The highest BCUT2D eigenvalue weighted by Crippen LogP contribution is 2.23. The van der Waals surface area contributed by atoms with Crippen molar-refractivity contribution in [1.82, 2.24) is 24.8 Å². The van der Waals surface area contributed by atoms with E-state index in [0.717, 1.165) is 27.3 Å². The molecule has 5 rings (SSSR count). The number of hydrogen-bond donors (Lipinski definition) is 1. The van der Waals surface area contributed by atoms with Gasteiger partial charge in [0.25, 0.3) is 0 Å². The number of imidazole rings is 1. The molecule has 0 saturated heterocycles. The summed E-state index contributed by atoms with van der Waals surface area (Å²) in [6, 6.07) is 19.3. The van der Waals surface area contributed by atoms with Crippen LogP contribution in [0.15, 0.2) is 84.6 Å². The number of nitrogens with zero attached hydrogens (tertiary/aromatic N) is 4. The summed E-state index contributed by atoms with van der Waals surface area (Å²) in [6.45, 7) is 0.466. The van der Waals surface area contributed by atoms with Gasteiger partial charge in [-0.25, -0.2) is 14.4 Å². The number of carbonyl (C=O) groups excluding carboxylic acids is 1. The van der Waals surface area contributed by atoms with Gasteiger partial charge in [-0.05, 0) is 42.0 Å². The summed E-state index contributed by atoms with van der Waals surface area (Å²) < 4.78 is 15.5. The molecule has 0 aliphatic heterocycles. The Morgan fingerprint density at radius 3 is 2.67 bits per heavy atom. The van der Waals surface area contributed by atoms with Gasteiger partial charge in [-0.2, -0.15) is 0 Å². The fourth-order valence-corrected chi connectivity index (χ4v) is 4.48. The summed E-state index contributed by atoms with van der Waals surface area (Å²) in [4.78, 5) is 26.2. The molecule has 6 nitrogen and oxygen atoms in total. The van der Waals surface area contributed by atoms with Crippen LogP contribution in [-0.2, 0) is 17.8 Å². The molecule has 0 bridgehead atoms. The number of rotatable bonds is 7. The minimum absolute atomic E-state index is 0.145. The standard InChI is InChI=1S/C25H20FN5OS/c26-18-10-8-17(9-11-18)22(14-31-16-28-20-5-1-2-7-23(20)31)30-24(32)13-19-15-33-25(29-19)21-6-3-4-12-27-21/h1-12,15-16,22H,13-14H2,(H,30,32). The largest absolute Gasteiger partial charge is 0.347 e. The van der Waals surface area contributed by atoms with Crippen LogP contribution >= 0.6 is 11.3 Å². The zero-order valence-corrected chi connectivity index (χ0v) is 18.4. The summed E-state index contributed by atoms with van der Waals surface area (Å²) in [6.07, 6.45) is 3.62. The van der Waals surface area contributed by atoms with Gasteiger partial charge in [-0.3, -0.25) is 9.78 Å². The van der Waals surface area contributed by atoms with Crippen molar-refractivity contribution in [2.24, 2.45) is 0 Å². The fourth-order valence-electron chi connectivity index (χ4n) is 3.69. The molecule has 0 fully saturated rings. The van der Waals surface area contributed by atoms with E-state index in [-0.39, 0.29) is 24.2 Å². The molecule has 0 spiro atoms. The van der Waals surface area contributed by atoms with Crippen molar-refractivity contribution in [2.75, 3.05) is 0 Å². The number of aromatic nitrogens is 4. The number of fused-ring (bicyclic) bond motifs is 1. The van der Waals surface area contributed by atoms with Gasteiger partial charge in [-0.15, -0.1) is 11.3 Å². The van der Waals surface area contributed by atoms with Gasteiger partial charge < -0.3 is 9.88 Å². The lowest BCUT2D eigenvalue weighted by atomic mass is 10.1. The van der Waals surface area contributed by atoms with Gasteiger partial charge >= 0.3 is 0 Å². The minimum atomic E-state index is -0.357. The van der Waals surface area contributed by atoms with Crippen molar-refractivity contribution in [3.8, 4) is 10.7 Å². The lowest BCUT2D eigenvalue weighted by Gasteiger charge is -2.20. The smallest absolute Gasteiger partial charge is 0.226 e. The quantitative estimate of drug-likeness (QED) is 0.381. The zero-order valence-electron chi connectivity index (χ0n) is 17.6. The van der Waals surface area contributed by atoms with Crippen LogP contribution < -0.4 is 5.32 Å². The number of halogens is 1. The number of pyridine rings is 1. The lowest BCUT2D eigenvalue weighted by Crippen LogP contribution is -2.32. The molecule has 2 aromatic carbocycles. The van der Waals surface area contributed by atoms with E-state index in [4.69, 9.17) is 0 Å². The molecule has 8 heteroatoms. The molecule has 33 heavy (non-hydrogen) atoms. The third-order valence-corrected chi connectivity index (χ3v) is 6.21. The molecular weight excluding hydrogens is 437 g/mol. The molecule has 1 unspecified atom stereocenters. The zero-order chi connectivity index (χ0) is 22.6. The maximum atomic E-state index is 13.5. The molecule has 0 aliphatic rings. The number of para-hydroxylation sites is 2. The van der Waals surface area contributed by atoms with Crippen LogP contribution in [0.3, 0.4) is 0 Å². The van der Waals surface area contributed by atoms with E-state index in [0.29, 0.717) is 12.2 Å². The Morgan fingerprint density at radius 2 is 1.85 bits per heavy atom. The predicted molar refractivity (Wildman–Crippen MR) is 126 cm³/mol. The van der Waals surface area contributed by atoms with Crippen molar-refractivity contribution in [3.63, 3.8) is 0 Å². The van der Waals surface area contributed by atoms with Gasteiger partial charge in [0.1, 0.15) is 10.8 Å². The summed E-state index contributed by atoms with van der Waals surface area (Å²) >= 11 is 1.46. The first-order chi connectivity index (χ1) is 16.2. The SMILES string of the molecule is O=C(Cc1csc(-c2ccccn2)n1)NC(Cn1cnc2ccccc21)c1ccc(F)cc1. The monoisotopic (exact) mass is 457 g/mol. The first-order valence-electron chi connectivity index (χ1n) is 10.5. The Balaban J connectivity index is 1.35. The first kappa shape index (κ1) is 21.0. The second-order valence-electron chi connectivity index (χ2n) is 7.59. The van der Waals surface area contributed by atoms with Crippen LogP contribution in [0.5, 0.6) is 0 Å². The number of amides is 1. The Hall–Kier alpha value is -3.91. The van der Waals surface area contributed by atoms with E-state index >= 15 is 0 Å². The van der Waals surface area contributed by atoms with Gasteiger partial charge in [0.2, 0.25) is 5.91 Å². The van der Waals surface area contributed by atoms with Crippen molar-refractivity contribution in [3.05, 3.63) is 102 Å². The van der Waals surface area contributed by atoms with E-state index in [9.17, 15) is 9.18 Å². The molecule has 164 valence electrons. The normalized spacial score (nSPS) is 12.0. The Labute approximate surface area is 193 Å². The van der Waals surface area contributed by atoms with Crippen LogP contribution in [0.4, 0.5) is 4.39 Å². The van der Waals surface area contributed by atoms with Crippen LogP contribution in [0, 0.1) is 5.82 Å². The number of nitrogens with one attached hydrogen (secondary N) is 1. The first-order valence-corrected chi connectivity index (χ1v) is 11.3. The van der Waals surface area contributed by atoms with Crippen LogP contribution in [0.25, 0.3) is 21.7 Å². The second-order valence-corrected chi connectivity index (χ2v) is 8.45. The molecule has 0 radical (unpaired) electrons. The van der Waals surface area contributed by atoms with E-state index in [2.05, 4.69) is 20.3 Å². The summed E-state index contributed by atoms with van der Waals surface area (Å²) in [5.74, 6) is -0.479. The van der Waals surface area contributed by atoms with Crippen molar-refractivity contribution in [2.45, 2.75) is 19.0 Å². The molecule has 0 aliphatic carbocycles. The van der Waals surface area contributed by atoms with Crippen LogP contribution in [0.2, 0.25) is 0 Å². The maximum absolute atomic E-state index is 13.5. The Morgan fingerprint density at radius 1 is 1.03 bits per heavy atom. The van der Waals surface area contributed by atoms with Gasteiger partial charge in [0.05, 0.1) is 41.2 Å². The van der Waals surface area contributed by atoms with E-state index < -0.39 is 0 Å². The molecule has 1 amide bonds. The lowest BCUT2D eigenvalue weighted by molar-refractivity contribution is -0.121. The molecule has 0 saturated carbocycles. The van der Waals surface area contributed by atoms with E-state index in [1.54, 1.807) is 24.7 Å². The molecule has 1 N–H and O–H groups in total.